The first-order valence-electron chi connectivity index (χ1n) is 7.26. The number of fused-ring (bicyclic) bond motifs is 1. The Bertz CT molecular complexity index is 400. The first-order chi connectivity index (χ1) is 8.76. The van der Waals surface area contributed by atoms with Crippen LogP contribution in [0.2, 0.25) is 0 Å². The van der Waals surface area contributed by atoms with E-state index in [0.29, 0.717) is 23.0 Å². The van der Waals surface area contributed by atoms with Crippen LogP contribution in [0.25, 0.3) is 0 Å². The Balaban J connectivity index is 1.56. The van der Waals surface area contributed by atoms with Crippen molar-refractivity contribution in [2.45, 2.75) is 52.1 Å². The zero-order valence-corrected chi connectivity index (χ0v) is 12.1. The summed E-state index contributed by atoms with van der Waals surface area (Å²) in [5.74, 6) is 1.59. The van der Waals surface area contributed by atoms with Crippen LogP contribution in [0.4, 0.5) is 4.79 Å². The highest BCUT2D eigenvalue weighted by Crippen LogP contribution is 2.57. The third-order valence-electron chi connectivity index (χ3n) is 4.76. The molecule has 3 aliphatic rings. The molecule has 0 aromatic rings. The van der Waals surface area contributed by atoms with Gasteiger partial charge in [0.05, 0.1) is 0 Å². The highest BCUT2D eigenvalue weighted by molar-refractivity contribution is 5.86. The quantitative estimate of drug-likeness (QED) is 0.676. The highest BCUT2D eigenvalue weighted by atomic mass is 16.6. The van der Waals surface area contributed by atoms with E-state index >= 15 is 0 Å². The van der Waals surface area contributed by atoms with Crippen LogP contribution in [0.1, 0.15) is 46.5 Å². The van der Waals surface area contributed by atoms with Gasteiger partial charge in [-0.05, 0) is 50.9 Å². The Morgan fingerprint density at radius 3 is 2.16 bits per heavy atom. The number of nitrogens with zero attached hydrogens (tertiary/aromatic N) is 1. The lowest BCUT2D eigenvalue weighted by Gasteiger charge is -2.38. The number of amides is 1. The number of likely N-dealkylation sites (tertiary alicyclic amines) is 1. The van der Waals surface area contributed by atoms with E-state index in [9.17, 15) is 9.59 Å². The van der Waals surface area contributed by atoms with Gasteiger partial charge in [0.15, 0.2) is 0 Å². The molecule has 4 heteroatoms. The second-order valence-corrected chi connectivity index (χ2v) is 7.71. The molecule has 106 valence electrons. The van der Waals surface area contributed by atoms with Crippen LogP contribution in [-0.4, -0.2) is 35.5 Å². The molecule has 3 rings (SSSR count). The summed E-state index contributed by atoms with van der Waals surface area (Å²) in [6.07, 6.45) is 3.64. The number of hydrogen-bond donors (Lipinski definition) is 0. The zero-order valence-electron chi connectivity index (χ0n) is 12.1. The summed E-state index contributed by atoms with van der Waals surface area (Å²) in [7, 11) is 0. The summed E-state index contributed by atoms with van der Waals surface area (Å²) < 4.78 is 5.43. The molecule has 0 N–H and O–H groups in total. The van der Waals surface area contributed by atoms with Gasteiger partial charge in [0.1, 0.15) is 11.4 Å². The predicted octanol–water partition coefficient (Wildman–Crippen LogP) is 2.61. The number of ether oxygens (including phenoxy) is 1. The molecule has 1 saturated heterocycles. The number of carbonyl (C=O) groups is 2. The standard InChI is InChI=1S/C15H23NO3/c1-14(2,3)19-13(18)16-8-10-4-15(5-11(10)9-16)6-12(17)7-15/h10-11H,4-9H2,1-3H3/t10-,11+. The van der Waals surface area contributed by atoms with Gasteiger partial charge < -0.3 is 9.64 Å². The van der Waals surface area contributed by atoms with E-state index in [1.807, 2.05) is 25.7 Å². The molecule has 0 aromatic carbocycles. The summed E-state index contributed by atoms with van der Waals surface area (Å²) in [5, 5.41) is 0. The molecule has 3 fully saturated rings. The third-order valence-corrected chi connectivity index (χ3v) is 4.76. The molecule has 1 amide bonds. The van der Waals surface area contributed by atoms with Crippen molar-refractivity contribution in [2.24, 2.45) is 17.3 Å². The van der Waals surface area contributed by atoms with Crippen LogP contribution >= 0.6 is 0 Å². The Morgan fingerprint density at radius 1 is 1.21 bits per heavy atom. The van der Waals surface area contributed by atoms with Crippen molar-refractivity contribution in [1.82, 2.24) is 4.90 Å². The van der Waals surface area contributed by atoms with Crippen molar-refractivity contribution < 1.29 is 14.3 Å². The van der Waals surface area contributed by atoms with Crippen LogP contribution in [0.5, 0.6) is 0 Å². The molecule has 1 heterocycles. The second kappa shape index (κ2) is 3.97. The van der Waals surface area contributed by atoms with Crippen LogP contribution in [0.3, 0.4) is 0 Å². The van der Waals surface area contributed by atoms with E-state index in [4.69, 9.17) is 4.74 Å². The van der Waals surface area contributed by atoms with Gasteiger partial charge in [-0.1, -0.05) is 0 Å². The summed E-state index contributed by atoms with van der Waals surface area (Å²) in [6, 6.07) is 0. The largest absolute Gasteiger partial charge is 0.444 e. The Morgan fingerprint density at radius 2 is 1.74 bits per heavy atom. The molecule has 0 unspecified atom stereocenters. The predicted molar refractivity (Wildman–Crippen MR) is 70.7 cm³/mol. The lowest BCUT2D eigenvalue weighted by Crippen LogP contribution is -2.39. The van der Waals surface area contributed by atoms with Gasteiger partial charge in [-0.3, -0.25) is 4.79 Å². The highest BCUT2D eigenvalue weighted by Gasteiger charge is 2.55. The van der Waals surface area contributed by atoms with Gasteiger partial charge in [-0.15, -0.1) is 0 Å². The number of hydrogen-bond acceptors (Lipinski definition) is 3. The molecule has 1 aliphatic heterocycles. The molecule has 2 aliphatic carbocycles. The summed E-state index contributed by atoms with van der Waals surface area (Å²) >= 11 is 0. The lowest BCUT2D eigenvalue weighted by molar-refractivity contribution is -0.132. The van der Waals surface area contributed by atoms with E-state index < -0.39 is 5.60 Å². The van der Waals surface area contributed by atoms with Gasteiger partial charge in [0, 0.05) is 25.9 Å². The minimum absolute atomic E-state index is 0.180. The molecule has 19 heavy (non-hydrogen) atoms. The molecular formula is C15H23NO3. The third kappa shape index (κ3) is 2.37. The summed E-state index contributed by atoms with van der Waals surface area (Å²) in [5.41, 5.74) is -0.108. The van der Waals surface area contributed by atoms with Crippen molar-refractivity contribution in [2.75, 3.05) is 13.1 Å². The van der Waals surface area contributed by atoms with Gasteiger partial charge in [-0.2, -0.15) is 0 Å². The maximum Gasteiger partial charge on any atom is 0.410 e. The van der Waals surface area contributed by atoms with E-state index in [1.165, 1.54) is 0 Å². The fraction of sp³-hybridized carbons (Fsp3) is 0.867. The van der Waals surface area contributed by atoms with Crippen LogP contribution in [0.15, 0.2) is 0 Å². The van der Waals surface area contributed by atoms with Gasteiger partial charge in [0.2, 0.25) is 0 Å². The maximum atomic E-state index is 12.0. The number of carbonyl (C=O) groups excluding carboxylic acids is 2. The smallest absolute Gasteiger partial charge is 0.410 e. The maximum absolute atomic E-state index is 12.0. The van der Waals surface area contributed by atoms with E-state index in [1.54, 1.807) is 0 Å². The number of ketones is 1. The topological polar surface area (TPSA) is 46.6 Å². The molecule has 0 aromatic heterocycles. The molecule has 1 spiro atoms. The average molecular weight is 265 g/mol. The van der Waals surface area contributed by atoms with E-state index in [0.717, 1.165) is 38.8 Å². The monoisotopic (exact) mass is 265 g/mol. The Hall–Kier alpha value is -1.06. The van der Waals surface area contributed by atoms with Gasteiger partial charge >= 0.3 is 6.09 Å². The summed E-state index contributed by atoms with van der Waals surface area (Å²) in [6.45, 7) is 7.33. The van der Waals surface area contributed by atoms with E-state index in [2.05, 4.69) is 0 Å². The normalized spacial score (nSPS) is 32.4. The molecule has 0 radical (unpaired) electrons. The van der Waals surface area contributed by atoms with Crippen LogP contribution in [0, 0.1) is 17.3 Å². The molecule has 2 saturated carbocycles. The fourth-order valence-corrected chi connectivity index (χ4v) is 4.15. The molecule has 2 atom stereocenters. The van der Waals surface area contributed by atoms with E-state index in [-0.39, 0.29) is 6.09 Å². The van der Waals surface area contributed by atoms with Crippen LogP contribution in [-0.2, 0) is 9.53 Å². The molecular weight excluding hydrogens is 242 g/mol. The average Bonchev–Trinajstić information content (AvgIpc) is 2.68. The van der Waals surface area contributed by atoms with Crippen molar-refractivity contribution >= 4 is 11.9 Å². The van der Waals surface area contributed by atoms with Crippen molar-refractivity contribution in [3.63, 3.8) is 0 Å². The van der Waals surface area contributed by atoms with Crippen molar-refractivity contribution in [1.29, 1.82) is 0 Å². The fourth-order valence-electron chi connectivity index (χ4n) is 4.15. The number of Topliss-reactive ketones (excluding diaryl/α,β-unsaturated/α-hetero) is 1. The Kier molecular flexibility index (Phi) is 2.70. The van der Waals surface area contributed by atoms with Gasteiger partial charge in [0.25, 0.3) is 0 Å². The first-order valence-corrected chi connectivity index (χ1v) is 7.26. The zero-order chi connectivity index (χ0) is 13.8. The SMILES string of the molecule is CC(C)(C)OC(=O)N1C[C@@H]2CC3(CC(=O)C3)C[C@@H]2C1. The summed E-state index contributed by atoms with van der Waals surface area (Å²) in [4.78, 5) is 25.1. The number of rotatable bonds is 0. The minimum Gasteiger partial charge on any atom is -0.444 e. The minimum atomic E-state index is -0.420. The lowest BCUT2D eigenvalue weighted by atomic mass is 9.66. The van der Waals surface area contributed by atoms with Gasteiger partial charge in [-0.25, -0.2) is 4.79 Å². The van der Waals surface area contributed by atoms with Crippen molar-refractivity contribution in [3.8, 4) is 0 Å². The molecule has 4 nitrogen and oxygen atoms in total. The van der Waals surface area contributed by atoms with Crippen molar-refractivity contribution in [3.05, 3.63) is 0 Å². The first kappa shape index (κ1) is 12.9. The Labute approximate surface area is 114 Å². The second-order valence-electron chi connectivity index (χ2n) is 7.71. The van der Waals surface area contributed by atoms with Crippen LogP contribution < -0.4 is 0 Å². The molecule has 0 bridgehead atoms.